The van der Waals surface area contributed by atoms with Gasteiger partial charge in [-0.3, -0.25) is 9.97 Å². The molecule has 0 atom stereocenters. The molecule has 0 bridgehead atoms. The molecule has 3 N–H and O–H groups in total. The van der Waals surface area contributed by atoms with Crippen molar-refractivity contribution in [3.63, 3.8) is 0 Å². The molecule has 3 aromatic heterocycles. The summed E-state index contributed by atoms with van der Waals surface area (Å²) < 4.78 is 0. The Kier molecular flexibility index (Phi) is 6.54. The highest BCUT2D eigenvalue weighted by Gasteiger charge is 2.26. The highest BCUT2D eigenvalue weighted by Crippen LogP contribution is 2.27. The normalized spacial score (nSPS) is 18.3. The minimum Gasteiger partial charge on any atom is -0.396 e. The van der Waals surface area contributed by atoms with Crippen molar-refractivity contribution in [1.29, 1.82) is 5.41 Å². The van der Waals surface area contributed by atoms with E-state index in [9.17, 15) is 0 Å². The average molecular weight is 456 g/mol. The molecule has 0 aliphatic carbocycles. The first kappa shape index (κ1) is 22.5. The monoisotopic (exact) mass is 455 g/mol. The summed E-state index contributed by atoms with van der Waals surface area (Å²) in [4.78, 5) is 19.2. The number of hydrogen-bond acceptors (Lipinski definition) is 7. The zero-order valence-corrected chi connectivity index (χ0v) is 19.9. The summed E-state index contributed by atoms with van der Waals surface area (Å²) in [5, 5.41) is 8.02. The van der Waals surface area contributed by atoms with Gasteiger partial charge in [0.1, 0.15) is 0 Å². The number of piperidine rings is 1. The molecule has 0 aromatic carbocycles. The van der Waals surface area contributed by atoms with Gasteiger partial charge in [0.25, 0.3) is 0 Å². The molecule has 0 saturated carbocycles. The quantitative estimate of drug-likeness (QED) is 0.543. The van der Waals surface area contributed by atoms with Crippen LogP contribution in [0.3, 0.4) is 0 Å². The van der Waals surface area contributed by atoms with Crippen molar-refractivity contribution in [2.24, 2.45) is 5.73 Å². The number of allylic oxidation sites excluding steroid dienone is 1. The zero-order valence-electron chi connectivity index (χ0n) is 19.9. The summed E-state index contributed by atoms with van der Waals surface area (Å²) in [6.45, 7) is 6.68. The summed E-state index contributed by atoms with van der Waals surface area (Å²) >= 11 is 0. The predicted molar refractivity (Wildman–Crippen MR) is 139 cm³/mol. The van der Waals surface area contributed by atoms with Gasteiger partial charge in [0, 0.05) is 36.6 Å². The van der Waals surface area contributed by atoms with Crippen molar-refractivity contribution in [3.05, 3.63) is 59.7 Å². The molecule has 34 heavy (non-hydrogen) atoms. The predicted octanol–water partition coefficient (Wildman–Crippen LogP) is 4.13. The largest absolute Gasteiger partial charge is 0.396 e. The van der Waals surface area contributed by atoms with E-state index >= 15 is 0 Å². The lowest BCUT2D eigenvalue weighted by Gasteiger charge is -2.37. The number of likely N-dealkylation sites (tertiary alicyclic amines) is 1. The molecule has 2 fully saturated rings. The Morgan fingerprint density at radius 2 is 1.82 bits per heavy atom. The van der Waals surface area contributed by atoms with Gasteiger partial charge < -0.3 is 20.9 Å². The van der Waals surface area contributed by atoms with Crippen LogP contribution in [-0.2, 0) is 6.42 Å². The average Bonchev–Trinajstić information content (AvgIpc) is 3.44. The van der Waals surface area contributed by atoms with Crippen molar-refractivity contribution in [2.75, 3.05) is 31.1 Å². The molecule has 176 valence electrons. The molecule has 0 unspecified atom stereocenters. The Labute approximate surface area is 201 Å². The Balaban J connectivity index is 1.40. The van der Waals surface area contributed by atoms with Crippen LogP contribution in [0.5, 0.6) is 0 Å². The van der Waals surface area contributed by atoms with Crippen LogP contribution in [0.25, 0.3) is 22.3 Å². The second-order valence-corrected chi connectivity index (χ2v) is 9.23. The van der Waals surface area contributed by atoms with Gasteiger partial charge in [-0.05, 0) is 75.5 Å². The van der Waals surface area contributed by atoms with E-state index < -0.39 is 0 Å². The fraction of sp³-hybridized carbons (Fsp3) is 0.407. The Bertz CT molecular complexity index is 1200. The van der Waals surface area contributed by atoms with E-state index in [1.54, 1.807) is 0 Å². The molecule has 5 heterocycles. The standard InChI is InChI=1S/C27H33N7/c1-2-19-6-5-7-25(31-19)27(29)22(17-28)23-8-9-24-26(32-23)16-21(18-30-24)34-14-10-20(11-15-34)33-12-3-4-13-33/h5-9,16-18,20,28H,2-4,10-15,29H2,1H3/b27-22+,28-17?. The van der Waals surface area contributed by atoms with Crippen molar-refractivity contribution >= 4 is 34.2 Å². The number of nitrogens with zero attached hydrogens (tertiary/aromatic N) is 5. The number of aryl methyl sites for hydroxylation is 1. The molecule has 2 saturated heterocycles. The molecule has 0 amide bonds. The first-order valence-electron chi connectivity index (χ1n) is 12.4. The third kappa shape index (κ3) is 4.53. The van der Waals surface area contributed by atoms with Crippen molar-refractivity contribution < 1.29 is 0 Å². The van der Waals surface area contributed by atoms with E-state index in [2.05, 4.69) is 32.8 Å². The molecule has 0 radical (unpaired) electrons. The maximum Gasteiger partial charge on any atom is 0.0914 e. The van der Waals surface area contributed by atoms with Gasteiger partial charge in [0.15, 0.2) is 0 Å². The van der Waals surface area contributed by atoms with Crippen LogP contribution in [0.1, 0.15) is 49.7 Å². The van der Waals surface area contributed by atoms with Crippen LogP contribution in [0, 0.1) is 5.41 Å². The third-order valence-corrected chi connectivity index (χ3v) is 7.17. The maximum absolute atomic E-state index is 8.02. The minimum absolute atomic E-state index is 0.463. The number of hydrogen-bond donors (Lipinski definition) is 2. The number of nitrogens with two attached hydrogens (primary N) is 1. The molecule has 7 heteroatoms. The number of nitrogens with one attached hydrogen (secondary N) is 1. The molecule has 5 rings (SSSR count). The number of rotatable bonds is 6. The second kappa shape index (κ2) is 9.89. The number of aromatic nitrogens is 3. The number of anilines is 1. The number of fused-ring (bicyclic) bond motifs is 1. The van der Waals surface area contributed by atoms with Crippen LogP contribution in [-0.4, -0.2) is 58.3 Å². The summed E-state index contributed by atoms with van der Waals surface area (Å²) in [6.07, 6.45) is 9.16. The first-order valence-corrected chi connectivity index (χ1v) is 12.4. The van der Waals surface area contributed by atoms with E-state index in [1.165, 1.54) is 45.0 Å². The van der Waals surface area contributed by atoms with Gasteiger partial charge in [-0.25, -0.2) is 4.98 Å². The SMILES string of the molecule is CCc1cccc(/C(N)=C(/C=N)c2ccc3ncc(N4CCC(N5CCCC5)CC4)cc3n2)n1. The van der Waals surface area contributed by atoms with E-state index in [0.29, 0.717) is 22.7 Å². The van der Waals surface area contributed by atoms with Gasteiger partial charge in [-0.1, -0.05) is 13.0 Å². The first-order chi connectivity index (χ1) is 16.7. The fourth-order valence-corrected chi connectivity index (χ4v) is 5.17. The zero-order chi connectivity index (χ0) is 23.5. The van der Waals surface area contributed by atoms with Gasteiger partial charge >= 0.3 is 0 Å². The van der Waals surface area contributed by atoms with E-state index in [-0.39, 0.29) is 0 Å². The van der Waals surface area contributed by atoms with Crippen molar-refractivity contribution in [2.45, 2.75) is 45.1 Å². The topological polar surface area (TPSA) is 95.0 Å². The lowest BCUT2D eigenvalue weighted by atomic mass is 10.0. The van der Waals surface area contributed by atoms with E-state index in [4.69, 9.17) is 16.1 Å². The summed E-state index contributed by atoms with van der Waals surface area (Å²) in [5.74, 6) is 0. The Hall–Kier alpha value is -3.32. The van der Waals surface area contributed by atoms with Gasteiger partial charge in [0.2, 0.25) is 0 Å². The molecule has 3 aromatic rings. The fourth-order valence-electron chi connectivity index (χ4n) is 5.17. The van der Waals surface area contributed by atoms with Crippen LogP contribution in [0.2, 0.25) is 0 Å². The summed E-state index contributed by atoms with van der Waals surface area (Å²) in [6, 6.07) is 12.5. The minimum atomic E-state index is 0.463. The van der Waals surface area contributed by atoms with Crippen LogP contribution in [0.4, 0.5) is 5.69 Å². The van der Waals surface area contributed by atoms with Gasteiger partial charge in [-0.2, -0.15) is 0 Å². The molecular formula is C27H33N7. The summed E-state index contributed by atoms with van der Waals surface area (Å²) in [5.41, 5.74) is 12.6. The van der Waals surface area contributed by atoms with Crippen LogP contribution < -0.4 is 10.6 Å². The van der Waals surface area contributed by atoms with Gasteiger partial charge in [0.05, 0.1) is 40.0 Å². The van der Waals surface area contributed by atoms with Crippen molar-refractivity contribution in [3.8, 4) is 0 Å². The van der Waals surface area contributed by atoms with Crippen LogP contribution >= 0.6 is 0 Å². The lowest BCUT2D eigenvalue weighted by Crippen LogP contribution is -2.43. The number of pyridine rings is 3. The van der Waals surface area contributed by atoms with E-state index in [0.717, 1.165) is 48.0 Å². The Morgan fingerprint density at radius 3 is 2.56 bits per heavy atom. The van der Waals surface area contributed by atoms with Gasteiger partial charge in [-0.15, -0.1) is 0 Å². The molecule has 2 aliphatic heterocycles. The molecular weight excluding hydrogens is 422 g/mol. The highest BCUT2D eigenvalue weighted by atomic mass is 15.2. The maximum atomic E-state index is 8.02. The lowest BCUT2D eigenvalue weighted by molar-refractivity contribution is 0.208. The second-order valence-electron chi connectivity index (χ2n) is 9.23. The Morgan fingerprint density at radius 1 is 1.03 bits per heavy atom. The molecule has 0 spiro atoms. The van der Waals surface area contributed by atoms with Crippen molar-refractivity contribution in [1.82, 2.24) is 19.9 Å². The third-order valence-electron chi connectivity index (χ3n) is 7.17. The molecule has 2 aliphatic rings. The highest BCUT2D eigenvalue weighted by molar-refractivity contribution is 6.17. The van der Waals surface area contributed by atoms with Crippen LogP contribution in [0.15, 0.2) is 42.6 Å². The molecule has 7 nitrogen and oxygen atoms in total. The summed E-state index contributed by atoms with van der Waals surface area (Å²) in [7, 11) is 0. The smallest absolute Gasteiger partial charge is 0.0914 e. The van der Waals surface area contributed by atoms with E-state index in [1.807, 2.05) is 36.5 Å².